The summed E-state index contributed by atoms with van der Waals surface area (Å²) in [4.78, 5) is 18.7. The fourth-order valence-corrected chi connectivity index (χ4v) is 3.86. The Morgan fingerprint density at radius 1 is 1.23 bits per heavy atom. The summed E-state index contributed by atoms with van der Waals surface area (Å²) in [6.07, 6.45) is 3.47. The van der Waals surface area contributed by atoms with E-state index < -0.39 is 15.6 Å². The largest absolute Gasteiger partial charge is 0.334 e. The van der Waals surface area contributed by atoms with Crippen LogP contribution in [-0.2, 0) is 14.6 Å². The zero-order chi connectivity index (χ0) is 18.6. The first kappa shape index (κ1) is 18.6. The Labute approximate surface area is 153 Å². The third kappa shape index (κ3) is 4.30. The number of sulfone groups is 1. The van der Waals surface area contributed by atoms with Crippen LogP contribution in [0.2, 0.25) is 0 Å². The van der Waals surface area contributed by atoms with E-state index in [4.69, 9.17) is 4.52 Å². The Kier molecular flexibility index (Phi) is 5.70. The minimum atomic E-state index is -3.38. The Morgan fingerprint density at radius 3 is 2.73 bits per heavy atom. The Balaban J connectivity index is 1.85. The molecule has 3 rings (SSSR count). The lowest BCUT2D eigenvalue weighted by atomic mass is 10.1. The monoisotopic (exact) mass is 377 g/mol. The van der Waals surface area contributed by atoms with Gasteiger partial charge in [-0.25, -0.2) is 8.42 Å². The number of benzene rings is 1. The van der Waals surface area contributed by atoms with Crippen molar-refractivity contribution in [2.24, 2.45) is 0 Å². The minimum absolute atomic E-state index is 0.0440. The second-order valence-corrected chi connectivity index (χ2v) is 8.81. The molecular formula is C18H23N3O4S. The number of likely N-dealkylation sites (tertiary alicyclic amines) is 1. The number of hydrogen-bond acceptors (Lipinski definition) is 6. The highest BCUT2D eigenvalue weighted by Crippen LogP contribution is 2.30. The quantitative estimate of drug-likeness (QED) is 0.795. The van der Waals surface area contributed by atoms with Gasteiger partial charge in [-0.05, 0) is 25.0 Å². The average Bonchev–Trinajstić information content (AvgIpc) is 3.00. The van der Waals surface area contributed by atoms with Crippen molar-refractivity contribution in [3.8, 4) is 11.5 Å². The molecule has 1 aliphatic rings. The normalized spacial score (nSPS) is 18.5. The molecule has 1 aromatic heterocycles. The fourth-order valence-electron chi connectivity index (χ4n) is 3.12. The van der Waals surface area contributed by atoms with E-state index in [9.17, 15) is 13.2 Å². The second kappa shape index (κ2) is 7.99. The molecule has 2 aromatic rings. The summed E-state index contributed by atoms with van der Waals surface area (Å²) in [6, 6.07) is 9.08. The second-order valence-electron chi connectivity index (χ2n) is 6.45. The number of amides is 1. The van der Waals surface area contributed by atoms with Gasteiger partial charge in [0.2, 0.25) is 5.91 Å². The topological polar surface area (TPSA) is 93.4 Å². The first-order valence-electron chi connectivity index (χ1n) is 8.89. The van der Waals surface area contributed by atoms with Crippen molar-refractivity contribution in [1.82, 2.24) is 15.0 Å². The highest BCUT2D eigenvalue weighted by atomic mass is 32.2. The number of carbonyl (C=O) groups is 1. The van der Waals surface area contributed by atoms with Crippen molar-refractivity contribution >= 4 is 15.7 Å². The molecule has 8 heteroatoms. The Hall–Kier alpha value is -2.22. The molecule has 140 valence electrons. The molecule has 26 heavy (non-hydrogen) atoms. The van der Waals surface area contributed by atoms with E-state index in [0.29, 0.717) is 24.7 Å². The lowest BCUT2D eigenvalue weighted by Crippen LogP contribution is -2.39. The van der Waals surface area contributed by atoms with Crippen molar-refractivity contribution in [3.05, 3.63) is 36.2 Å². The Morgan fingerprint density at radius 2 is 2.00 bits per heavy atom. The van der Waals surface area contributed by atoms with Gasteiger partial charge in [0.1, 0.15) is 5.75 Å². The van der Waals surface area contributed by atoms with E-state index in [1.807, 2.05) is 30.3 Å². The summed E-state index contributed by atoms with van der Waals surface area (Å²) in [5.74, 6) is -0.0580. The number of aromatic nitrogens is 2. The summed E-state index contributed by atoms with van der Waals surface area (Å²) in [5.41, 5.74) is 0.811. The fraction of sp³-hybridized carbons (Fsp3) is 0.500. The van der Waals surface area contributed by atoms with Gasteiger partial charge in [-0.1, -0.05) is 43.1 Å². The molecule has 0 radical (unpaired) electrons. The highest BCUT2D eigenvalue weighted by molar-refractivity contribution is 7.92. The van der Waals surface area contributed by atoms with Crippen LogP contribution in [0, 0.1) is 0 Å². The molecule has 0 spiro atoms. The summed E-state index contributed by atoms with van der Waals surface area (Å²) < 4.78 is 29.1. The molecule has 1 aromatic carbocycles. The molecule has 0 bridgehead atoms. The van der Waals surface area contributed by atoms with E-state index in [2.05, 4.69) is 10.1 Å². The molecule has 0 N–H and O–H groups in total. The van der Waals surface area contributed by atoms with Crippen LogP contribution in [-0.4, -0.2) is 47.4 Å². The van der Waals surface area contributed by atoms with Gasteiger partial charge in [0.15, 0.2) is 15.7 Å². The van der Waals surface area contributed by atoms with Gasteiger partial charge in [-0.2, -0.15) is 4.98 Å². The summed E-state index contributed by atoms with van der Waals surface area (Å²) in [6.45, 7) is 2.06. The van der Waals surface area contributed by atoms with Gasteiger partial charge >= 0.3 is 0 Å². The van der Waals surface area contributed by atoms with Crippen LogP contribution in [0.3, 0.4) is 0 Å². The predicted molar refractivity (Wildman–Crippen MR) is 97.0 cm³/mol. The van der Waals surface area contributed by atoms with E-state index in [1.54, 1.807) is 11.8 Å². The molecule has 7 nitrogen and oxygen atoms in total. The first-order valence-corrected chi connectivity index (χ1v) is 10.7. The Bertz CT molecular complexity index is 848. The van der Waals surface area contributed by atoms with E-state index >= 15 is 0 Å². The van der Waals surface area contributed by atoms with Crippen LogP contribution in [0.1, 0.15) is 44.5 Å². The van der Waals surface area contributed by atoms with Crippen LogP contribution in [0.15, 0.2) is 34.9 Å². The lowest BCUT2D eigenvalue weighted by Gasteiger charge is -2.27. The number of hydrogen-bond donors (Lipinski definition) is 0. The van der Waals surface area contributed by atoms with E-state index in [1.165, 1.54) is 0 Å². The number of nitrogens with zero attached hydrogens (tertiary/aromatic N) is 3. The van der Waals surface area contributed by atoms with Crippen molar-refractivity contribution < 1.29 is 17.7 Å². The van der Waals surface area contributed by atoms with Gasteiger partial charge in [0, 0.05) is 17.9 Å². The molecular weight excluding hydrogens is 354 g/mol. The van der Waals surface area contributed by atoms with Crippen molar-refractivity contribution in [1.29, 1.82) is 0 Å². The summed E-state index contributed by atoms with van der Waals surface area (Å²) in [5, 5.41) is 4.08. The molecule has 0 aliphatic carbocycles. The summed E-state index contributed by atoms with van der Waals surface area (Å²) >= 11 is 0. The van der Waals surface area contributed by atoms with Gasteiger partial charge in [-0.15, -0.1) is 0 Å². The maximum absolute atomic E-state index is 12.6. The maximum Gasteiger partial charge on any atom is 0.257 e. The summed E-state index contributed by atoms with van der Waals surface area (Å²) in [7, 11) is -3.38. The van der Waals surface area contributed by atoms with Gasteiger partial charge < -0.3 is 9.42 Å². The van der Waals surface area contributed by atoms with Crippen LogP contribution in [0.5, 0.6) is 0 Å². The predicted octanol–water partition coefficient (Wildman–Crippen LogP) is 2.62. The molecule has 1 saturated heterocycles. The first-order chi connectivity index (χ1) is 12.5. The van der Waals surface area contributed by atoms with Crippen molar-refractivity contribution in [3.63, 3.8) is 0 Å². The zero-order valence-corrected chi connectivity index (χ0v) is 15.6. The zero-order valence-electron chi connectivity index (χ0n) is 14.8. The van der Waals surface area contributed by atoms with E-state index in [0.717, 1.165) is 24.8 Å². The third-order valence-corrected chi connectivity index (χ3v) is 6.18. The van der Waals surface area contributed by atoms with Crippen LogP contribution >= 0.6 is 0 Å². The van der Waals surface area contributed by atoms with Gasteiger partial charge in [0.05, 0.1) is 6.04 Å². The van der Waals surface area contributed by atoms with Crippen molar-refractivity contribution in [2.75, 3.05) is 18.1 Å². The minimum Gasteiger partial charge on any atom is -0.334 e. The SMILES string of the molecule is CCS(=O)(=O)CC(=O)N1CCCCCC1c1noc(-c2ccccc2)n1. The molecule has 1 unspecified atom stereocenters. The lowest BCUT2D eigenvalue weighted by molar-refractivity contribution is -0.131. The average molecular weight is 377 g/mol. The molecule has 2 heterocycles. The maximum atomic E-state index is 12.6. The van der Waals surface area contributed by atoms with Gasteiger partial charge in [-0.3, -0.25) is 4.79 Å². The number of rotatable bonds is 5. The standard InChI is InChI=1S/C18H23N3O4S/c1-2-26(23,24)13-16(22)21-12-8-4-7-11-15(21)17-19-18(25-20-17)14-9-5-3-6-10-14/h3,5-6,9-10,15H,2,4,7-8,11-13H2,1H3. The van der Waals surface area contributed by atoms with Crippen LogP contribution in [0.4, 0.5) is 0 Å². The molecule has 1 atom stereocenters. The number of carbonyl (C=O) groups excluding carboxylic acids is 1. The molecule has 0 saturated carbocycles. The van der Waals surface area contributed by atoms with Crippen LogP contribution in [0.25, 0.3) is 11.5 Å². The van der Waals surface area contributed by atoms with Gasteiger partial charge in [0.25, 0.3) is 5.89 Å². The molecule has 1 fully saturated rings. The smallest absolute Gasteiger partial charge is 0.257 e. The molecule has 1 amide bonds. The van der Waals surface area contributed by atoms with E-state index in [-0.39, 0.29) is 17.7 Å². The highest BCUT2D eigenvalue weighted by Gasteiger charge is 2.32. The third-order valence-electron chi connectivity index (χ3n) is 4.62. The van der Waals surface area contributed by atoms with Crippen molar-refractivity contribution in [2.45, 2.75) is 38.6 Å². The molecule has 1 aliphatic heterocycles. The van der Waals surface area contributed by atoms with Crippen LogP contribution < -0.4 is 0 Å².